The number of carbonyl (C=O) groups is 1. The van der Waals surface area contributed by atoms with Crippen molar-refractivity contribution in [3.63, 3.8) is 0 Å². The fourth-order valence-electron chi connectivity index (χ4n) is 1.97. The molecule has 0 bridgehead atoms. The molecule has 8 heteroatoms. The van der Waals surface area contributed by atoms with Crippen molar-refractivity contribution in [2.24, 2.45) is 0 Å². The van der Waals surface area contributed by atoms with Crippen molar-refractivity contribution in [3.8, 4) is 11.4 Å². The van der Waals surface area contributed by atoms with E-state index in [1.165, 1.54) is 11.8 Å². The summed E-state index contributed by atoms with van der Waals surface area (Å²) in [7, 11) is 0. The summed E-state index contributed by atoms with van der Waals surface area (Å²) in [4.78, 5) is 20.5. The van der Waals surface area contributed by atoms with Crippen molar-refractivity contribution in [1.82, 2.24) is 15.1 Å². The van der Waals surface area contributed by atoms with Gasteiger partial charge in [-0.2, -0.15) is 4.98 Å². The zero-order valence-electron chi connectivity index (χ0n) is 12.6. The first-order valence-electron chi connectivity index (χ1n) is 6.92. The Morgan fingerprint density at radius 1 is 1.33 bits per heavy atom. The normalized spacial score (nSPS) is 10.6. The van der Waals surface area contributed by atoms with E-state index in [-0.39, 0.29) is 12.5 Å². The van der Waals surface area contributed by atoms with Crippen LogP contribution < -0.4 is 0 Å². The van der Waals surface area contributed by atoms with E-state index in [0.717, 1.165) is 10.0 Å². The Hall–Kier alpha value is -2.19. The maximum Gasteiger partial charge on any atom is 0.341 e. The molecule has 3 rings (SSSR count). The zero-order chi connectivity index (χ0) is 16.9. The number of aromatic nitrogens is 3. The van der Waals surface area contributed by atoms with Crippen LogP contribution in [0, 0.1) is 0 Å². The second kappa shape index (κ2) is 7.59. The van der Waals surface area contributed by atoms with Gasteiger partial charge in [-0.1, -0.05) is 33.2 Å². The van der Waals surface area contributed by atoms with Gasteiger partial charge in [0, 0.05) is 16.2 Å². The highest BCUT2D eigenvalue weighted by atomic mass is 79.9. The molecule has 1 aromatic carbocycles. The molecule has 0 saturated carbocycles. The summed E-state index contributed by atoms with van der Waals surface area (Å²) >= 11 is 4.77. The number of thioether (sulfide) groups is 1. The highest BCUT2D eigenvalue weighted by molar-refractivity contribution is 9.10. The maximum atomic E-state index is 12.1. The Kier molecular flexibility index (Phi) is 5.27. The highest BCUT2D eigenvalue weighted by Gasteiger charge is 2.15. The second-order valence-corrected chi connectivity index (χ2v) is 6.37. The summed E-state index contributed by atoms with van der Waals surface area (Å²) in [6.45, 7) is -0.0947. The summed E-state index contributed by atoms with van der Waals surface area (Å²) in [5.74, 6) is 0.191. The van der Waals surface area contributed by atoms with Gasteiger partial charge in [0.1, 0.15) is 5.03 Å². The zero-order valence-corrected chi connectivity index (χ0v) is 15.0. The summed E-state index contributed by atoms with van der Waals surface area (Å²) in [6, 6.07) is 10.9. The summed E-state index contributed by atoms with van der Waals surface area (Å²) in [5, 5.41) is 4.51. The predicted octanol–water partition coefficient (Wildman–Crippen LogP) is 3.97. The van der Waals surface area contributed by atoms with Crippen LogP contribution in [0.5, 0.6) is 0 Å². The molecule has 0 aliphatic heterocycles. The molecule has 2 heterocycles. The molecule has 0 atom stereocenters. The SMILES string of the molecule is CSc1ncccc1C(=O)OCc1nc(-c2cccc(Br)c2)no1. The lowest BCUT2D eigenvalue weighted by Gasteiger charge is -2.04. The molecule has 2 aromatic heterocycles. The molecule has 0 unspecified atom stereocenters. The lowest BCUT2D eigenvalue weighted by atomic mass is 10.2. The first-order chi connectivity index (χ1) is 11.7. The number of carbonyl (C=O) groups excluding carboxylic acids is 1. The quantitative estimate of drug-likeness (QED) is 0.469. The molecule has 0 amide bonds. The van der Waals surface area contributed by atoms with Crippen LogP contribution in [0.15, 0.2) is 56.6 Å². The number of ether oxygens (including phenoxy) is 1. The number of esters is 1. The van der Waals surface area contributed by atoms with Crippen molar-refractivity contribution in [2.45, 2.75) is 11.6 Å². The van der Waals surface area contributed by atoms with E-state index in [9.17, 15) is 4.79 Å². The third kappa shape index (κ3) is 3.82. The van der Waals surface area contributed by atoms with Gasteiger partial charge in [0.15, 0.2) is 6.61 Å². The Morgan fingerprint density at radius 3 is 3.00 bits per heavy atom. The van der Waals surface area contributed by atoms with Crippen molar-refractivity contribution >= 4 is 33.7 Å². The number of pyridine rings is 1. The first kappa shape index (κ1) is 16.7. The van der Waals surface area contributed by atoms with E-state index in [0.29, 0.717) is 16.4 Å². The smallest absolute Gasteiger partial charge is 0.341 e. The molecule has 0 N–H and O–H groups in total. The molecule has 0 spiro atoms. The second-order valence-electron chi connectivity index (χ2n) is 4.66. The van der Waals surface area contributed by atoms with E-state index in [4.69, 9.17) is 9.26 Å². The monoisotopic (exact) mass is 405 g/mol. The van der Waals surface area contributed by atoms with Crippen LogP contribution >= 0.6 is 27.7 Å². The van der Waals surface area contributed by atoms with Crippen LogP contribution in [-0.2, 0) is 11.3 Å². The largest absolute Gasteiger partial charge is 0.452 e. The molecular formula is C16H12BrN3O3S. The predicted molar refractivity (Wildman–Crippen MR) is 92.6 cm³/mol. The van der Waals surface area contributed by atoms with Crippen LogP contribution in [0.2, 0.25) is 0 Å². The Labute approximate surface area is 150 Å². The molecule has 3 aromatic rings. The van der Waals surface area contributed by atoms with Crippen molar-refractivity contribution < 1.29 is 14.1 Å². The summed E-state index contributed by atoms with van der Waals surface area (Å²) in [5.41, 5.74) is 1.22. The van der Waals surface area contributed by atoms with Crippen molar-refractivity contribution in [1.29, 1.82) is 0 Å². The van der Waals surface area contributed by atoms with Gasteiger partial charge in [-0.15, -0.1) is 11.8 Å². The van der Waals surface area contributed by atoms with E-state index in [1.54, 1.807) is 18.3 Å². The number of halogens is 1. The third-order valence-corrected chi connectivity index (χ3v) is 4.27. The van der Waals surface area contributed by atoms with Gasteiger partial charge < -0.3 is 9.26 Å². The highest BCUT2D eigenvalue weighted by Crippen LogP contribution is 2.21. The Bertz CT molecular complexity index is 869. The number of rotatable bonds is 5. The summed E-state index contributed by atoms with van der Waals surface area (Å²) in [6.07, 6.45) is 3.48. The maximum absolute atomic E-state index is 12.1. The van der Waals surface area contributed by atoms with E-state index in [1.807, 2.05) is 30.5 Å². The van der Waals surface area contributed by atoms with Gasteiger partial charge in [0.25, 0.3) is 5.89 Å². The number of nitrogens with zero attached hydrogens (tertiary/aromatic N) is 3. The lowest BCUT2D eigenvalue weighted by molar-refractivity contribution is 0.0425. The van der Waals surface area contributed by atoms with Gasteiger partial charge in [-0.25, -0.2) is 9.78 Å². The molecule has 0 radical (unpaired) electrons. The molecule has 0 fully saturated rings. The average Bonchev–Trinajstić information content (AvgIpc) is 3.08. The van der Waals surface area contributed by atoms with Gasteiger partial charge in [0.05, 0.1) is 5.56 Å². The van der Waals surface area contributed by atoms with Gasteiger partial charge in [-0.05, 0) is 30.5 Å². The molecule has 6 nitrogen and oxygen atoms in total. The average molecular weight is 406 g/mol. The Balaban J connectivity index is 1.68. The third-order valence-electron chi connectivity index (χ3n) is 3.06. The fourth-order valence-corrected chi connectivity index (χ4v) is 2.91. The molecule has 0 aliphatic carbocycles. The van der Waals surface area contributed by atoms with Crippen LogP contribution in [-0.4, -0.2) is 27.3 Å². The van der Waals surface area contributed by atoms with Gasteiger partial charge in [-0.3, -0.25) is 0 Å². The van der Waals surface area contributed by atoms with Crippen LogP contribution in [0.1, 0.15) is 16.2 Å². The van der Waals surface area contributed by atoms with E-state index < -0.39 is 5.97 Å². The number of hydrogen-bond donors (Lipinski definition) is 0. The standard InChI is InChI=1S/C16H12BrN3O3S/c1-24-15-12(6-3-7-18-15)16(21)22-9-13-19-14(20-23-13)10-4-2-5-11(17)8-10/h2-8H,9H2,1H3. The molecule has 122 valence electrons. The van der Waals surface area contributed by atoms with Crippen LogP contribution in [0.25, 0.3) is 11.4 Å². The topological polar surface area (TPSA) is 78.1 Å². The van der Waals surface area contributed by atoms with E-state index >= 15 is 0 Å². The van der Waals surface area contributed by atoms with Gasteiger partial charge >= 0.3 is 5.97 Å². The Morgan fingerprint density at radius 2 is 2.21 bits per heavy atom. The molecular weight excluding hydrogens is 394 g/mol. The van der Waals surface area contributed by atoms with Crippen LogP contribution in [0.4, 0.5) is 0 Å². The van der Waals surface area contributed by atoms with Gasteiger partial charge in [0.2, 0.25) is 5.82 Å². The lowest BCUT2D eigenvalue weighted by Crippen LogP contribution is -2.07. The molecule has 0 aliphatic rings. The first-order valence-corrected chi connectivity index (χ1v) is 8.94. The molecule has 24 heavy (non-hydrogen) atoms. The number of hydrogen-bond acceptors (Lipinski definition) is 7. The molecule has 0 saturated heterocycles. The van der Waals surface area contributed by atoms with Crippen LogP contribution in [0.3, 0.4) is 0 Å². The summed E-state index contributed by atoms with van der Waals surface area (Å²) < 4.78 is 11.3. The minimum absolute atomic E-state index is 0.0947. The van der Waals surface area contributed by atoms with Crippen molar-refractivity contribution in [3.05, 3.63) is 58.5 Å². The fraction of sp³-hybridized carbons (Fsp3) is 0.125. The van der Waals surface area contributed by atoms with E-state index in [2.05, 4.69) is 31.1 Å². The van der Waals surface area contributed by atoms with Crippen molar-refractivity contribution in [2.75, 3.05) is 6.26 Å². The minimum Gasteiger partial charge on any atom is -0.452 e. The number of benzene rings is 1. The minimum atomic E-state index is -0.477.